The van der Waals surface area contributed by atoms with E-state index in [1.807, 2.05) is 0 Å². The summed E-state index contributed by atoms with van der Waals surface area (Å²) >= 11 is 3.18. The Bertz CT molecular complexity index is 843. The molecule has 2 atom stereocenters. The molecule has 0 aromatic carbocycles. The highest BCUT2D eigenvalue weighted by molar-refractivity contribution is 9.10. The van der Waals surface area contributed by atoms with Crippen LogP contribution in [0.4, 0.5) is 14.7 Å². The van der Waals surface area contributed by atoms with E-state index in [1.54, 1.807) is 0 Å². The number of aromatic nitrogens is 3. The Labute approximate surface area is 139 Å². The second-order valence-corrected chi connectivity index (χ2v) is 8.17. The van der Waals surface area contributed by atoms with Gasteiger partial charge in [-0.3, -0.25) is 0 Å². The van der Waals surface area contributed by atoms with Crippen molar-refractivity contribution in [2.75, 3.05) is 24.7 Å². The molecular formula is C12H14BrF2N5O2S. The van der Waals surface area contributed by atoms with Gasteiger partial charge in [-0.25, -0.2) is 26.7 Å². The maximum absolute atomic E-state index is 14.2. The maximum atomic E-state index is 14.2. The Kier molecular flexibility index (Phi) is 4.27. The minimum absolute atomic E-state index is 0.147. The summed E-state index contributed by atoms with van der Waals surface area (Å²) in [5.74, 6) is -0.317. The highest BCUT2D eigenvalue weighted by atomic mass is 79.9. The Morgan fingerprint density at radius 1 is 1.48 bits per heavy atom. The van der Waals surface area contributed by atoms with Gasteiger partial charge in [0.1, 0.15) is 16.3 Å². The second-order valence-electron chi connectivity index (χ2n) is 5.37. The maximum Gasteiger partial charge on any atom is 0.241 e. The number of halogens is 3. The summed E-state index contributed by atoms with van der Waals surface area (Å²) in [6.45, 7) is 0.0155. The van der Waals surface area contributed by atoms with Gasteiger partial charge in [0.15, 0.2) is 5.82 Å². The quantitative estimate of drug-likeness (QED) is 0.828. The Morgan fingerprint density at radius 3 is 2.87 bits per heavy atom. The minimum atomic E-state index is -3.40. The van der Waals surface area contributed by atoms with Gasteiger partial charge in [-0.05, 0) is 22.4 Å². The fourth-order valence-electron chi connectivity index (χ4n) is 2.49. The molecule has 0 aliphatic carbocycles. The molecule has 23 heavy (non-hydrogen) atoms. The number of piperidine rings is 1. The Hall–Kier alpha value is -1.33. The van der Waals surface area contributed by atoms with Gasteiger partial charge in [-0.1, -0.05) is 0 Å². The standard InChI is InChI=1S/C12H14BrF2N5O2S/c1-23(21,22)19-3-2-9(8(15)6-19)17-12-16-5-10-7(14)4-11(13)20(10)18-12/h4-5,8-9H,2-3,6H2,1H3,(H,17,18). The van der Waals surface area contributed by atoms with Gasteiger partial charge in [0.25, 0.3) is 0 Å². The van der Waals surface area contributed by atoms with Crippen molar-refractivity contribution in [3.8, 4) is 0 Å². The van der Waals surface area contributed by atoms with E-state index in [9.17, 15) is 17.2 Å². The predicted octanol–water partition coefficient (Wildman–Crippen LogP) is 1.41. The van der Waals surface area contributed by atoms with Crippen molar-refractivity contribution in [1.82, 2.24) is 18.9 Å². The van der Waals surface area contributed by atoms with Crippen molar-refractivity contribution in [3.63, 3.8) is 0 Å². The van der Waals surface area contributed by atoms with Crippen LogP contribution in [-0.4, -0.2) is 58.9 Å². The van der Waals surface area contributed by atoms with Crippen LogP contribution in [0.1, 0.15) is 6.42 Å². The number of hydrogen-bond donors (Lipinski definition) is 1. The third-order valence-electron chi connectivity index (χ3n) is 3.71. The number of sulfonamides is 1. The third-order valence-corrected chi connectivity index (χ3v) is 5.55. The van der Waals surface area contributed by atoms with Crippen LogP contribution in [-0.2, 0) is 10.0 Å². The molecule has 2 unspecified atom stereocenters. The second kappa shape index (κ2) is 5.95. The molecular weight excluding hydrogens is 396 g/mol. The van der Waals surface area contributed by atoms with Crippen molar-refractivity contribution in [3.05, 3.63) is 22.7 Å². The largest absolute Gasteiger partial charge is 0.347 e. The predicted molar refractivity (Wildman–Crippen MR) is 84.0 cm³/mol. The number of anilines is 1. The molecule has 2 aromatic heterocycles. The molecule has 0 bridgehead atoms. The van der Waals surface area contributed by atoms with Gasteiger partial charge in [-0.2, -0.15) is 4.31 Å². The lowest BCUT2D eigenvalue weighted by atomic mass is 10.1. The van der Waals surface area contributed by atoms with E-state index in [2.05, 4.69) is 31.3 Å². The summed E-state index contributed by atoms with van der Waals surface area (Å²) in [4.78, 5) is 3.97. The van der Waals surface area contributed by atoms with Crippen LogP contribution < -0.4 is 5.32 Å². The normalized spacial score (nSPS) is 23.3. The molecule has 0 spiro atoms. The van der Waals surface area contributed by atoms with E-state index in [0.717, 1.165) is 10.6 Å². The number of rotatable bonds is 3. The van der Waals surface area contributed by atoms with Gasteiger partial charge in [0.05, 0.1) is 18.5 Å². The average molecular weight is 410 g/mol. The van der Waals surface area contributed by atoms with Crippen LogP contribution in [0.25, 0.3) is 5.52 Å². The van der Waals surface area contributed by atoms with Crippen LogP contribution in [0.2, 0.25) is 0 Å². The van der Waals surface area contributed by atoms with Crippen LogP contribution >= 0.6 is 15.9 Å². The molecule has 0 amide bonds. The minimum Gasteiger partial charge on any atom is -0.347 e. The molecule has 1 aliphatic heterocycles. The summed E-state index contributed by atoms with van der Waals surface area (Å²) < 4.78 is 53.5. The molecule has 0 radical (unpaired) electrons. The molecule has 0 saturated carbocycles. The van der Waals surface area contributed by atoms with Gasteiger partial charge in [-0.15, -0.1) is 5.10 Å². The molecule has 1 saturated heterocycles. The lowest BCUT2D eigenvalue weighted by Crippen LogP contribution is -2.49. The van der Waals surface area contributed by atoms with E-state index in [-0.39, 0.29) is 31.0 Å². The van der Waals surface area contributed by atoms with Crippen molar-refractivity contribution < 1.29 is 17.2 Å². The first-order chi connectivity index (χ1) is 10.8. The van der Waals surface area contributed by atoms with E-state index in [4.69, 9.17) is 0 Å². The highest BCUT2D eigenvalue weighted by Gasteiger charge is 2.33. The molecule has 7 nitrogen and oxygen atoms in total. The van der Waals surface area contributed by atoms with Crippen LogP contribution in [0.3, 0.4) is 0 Å². The summed E-state index contributed by atoms with van der Waals surface area (Å²) in [7, 11) is -3.40. The smallest absolute Gasteiger partial charge is 0.241 e. The molecule has 1 fully saturated rings. The Balaban J connectivity index is 1.76. The van der Waals surface area contributed by atoms with Crippen molar-refractivity contribution in [1.29, 1.82) is 0 Å². The van der Waals surface area contributed by atoms with Crippen molar-refractivity contribution >= 4 is 37.4 Å². The number of hydrogen-bond acceptors (Lipinski definition) is 5. The zero-order chi connectivity index (χ0) is 16.8. The van der Waals surface area contributed by atoms with E-state index < -0.39 is 28.1 Å². The van der Waals surface area contributed by atoms with Crippen LogP contribution in [0.5, 0.6) is 0 Å². The average Bonchev–Trinajstić information content (AvgIpc) is 2.75. The lowest BCUT2D eigenvalue weighted by Gasteiger charge is -2.33. The summed E-state index contributed by atoms with van der Waals surface area (Å²) in [6, 6.07) is 0.653. The van der Waals surface area contributed by atoms with E-state index >= 15 is 0 Å². The van der Waals surface area contributed by atoms with Gasteiger partial charge < -0.3 is 5.32 Å². The highest BCUT2D eigenvalue weighted by Crippen LogP contribution is 2.22. The summed E-state index contributed by atoms with van der Waals surface area (Å²) in [6.07, 6.45) is 1.26. The zero-order valence-corrected chi connectivity index (χ0v) is 14.5. The fraction of sp³-hybridized carbons (Fsp3) is 0.500. The first kappa shape index (κ1) is 16.5. The fourth-order valence-corrected chi connectivity index (χ4v) is 3.81. The number of fused-ring (bicyclic) bond motifs is 1. The van der Waals surface area contributed by atoms with Gasteiger partial charge in [0, 0.05) is 19.2 Å². The molecule has 3 heterocycles. The molecule has 1 N–H and O–H groups in total. The van der Waals surface area contributed by atoms with Crippen molar-refractivity contribution in [2.45, 2.75) is 18.6 Å². The topological polar surface area (TPSA) is 79.6 Å². The molecule has 2 aromatic rings. The monoisotopic (exact) mass is 409 g/mol. The Morgan fingerprint density at radius 2 is 2.22 bits per heavy atom. The first-order valence-electron chi connectivity index (χ1n) is 6.81. The third kappa shape index (κ3) is 3.31. The summed E-state index contributed by atoms with van der Waals surface area (Å²) in [5, 5.41) is 6.95. The van der Waals surface area contributed by atoms with Gasteiger partial charge in [0.2, 0.25) is 16.0 Å². The number of alkyl halides is 1. The SMILES string of the molecule is CS(=O)(=O)N1CCC(Nc2ncc3c(F)cc(Br)n3n2)C(F)C1. The van der Waals surface area contributed by atoms with Crippen LogP contribution in [0.15, 0.2) is 16.9 Å². The van der Waals surface area contributed by atoms with Crippen molar-refractivity contribution in [2.24, 2.45) is 0 Å². The number of nitrogens with zero attached hydrogens (tertiary/aromatic N) is 4. The molecule has 1 aliphatic rings. The van der Waals surface area contributed by atoms with Crippen LogP contribution in [0, 0.1) is 5.82 Å². The first-order valence-corrected chi connectivity index (χ1v) is 9.45. The lowest BCUT2D eigenvalue weighted by molar-refractivity contribution is 0.186. The van der Waals surface area contributed by atoms with E-state index in [1.165, 1.54) is 16.8 Å². The van der Waals surface area contributed by atoms with Gasteiger partial charge >= 0.3 is 0 Å². The molecule has 3 rings (SSSR count). The zero-order valence-electron chi connectivity index (χ0n) is 12.1. The molecule has 126 valence electrons. The number of nitrogens with one attached hydrogen (secondary N) is 1. The molecule has 11 heteroatoms. The van der Waals surface area contributed by atoms with E-state index in [0.29, 0.717) is 4.60 Å². The summed E-state index contributed by atoms with van der Waals surface area (Å²) in [5.41, 5.74) is 0.200.